The predicted molar refractivity (Wildman–Crippen MR) is 56.9 cm³/mol. The summed E-state index contributed by atoms with van der Waals surface area (Å²) in [6, 6.07) is 0.563. The highest BCUT2D eigenvalue weighted by molar-refractivity contribution is 5.81. The number of rotatable bonds is 3. The van der Waals surface area contributed by atoms with E-state index in [9.17, 15) is 4.79 Å². The summed E-state index contributed by atoms with van der Waals surface area (Å²) < 4.78 is 0. The first kappa shape index (κ1) is 11.5. The lowest BCUT2D eigenvalue weighted by molar-refractivity contribution is -0.122. The molecule has 1 atom stereocenters. The van der Waals surface area contributed by atoms with Gasteiger partial charge in [0.25, 0.3) is 0 Å². The lowest BCUT2D eigenvalue weighted by Gasteiger charge is -2.29. The van der Waals surface area contributed by atoms with Crippen molar-refractivity contribution in [1.82, 2.24) is 10.6 Å². The van der Waals surface area contributed by atoms with E-state index >= 15 is 0 Å². The van der Waals surface area contributed by atoms with E-state index < -0.39 is 6.04 Å². The fourth-order valence-electron chi connectivity index (χ4n) is 1.86. The first-order valence-electron chi connectivity index (χ1n) is 5.36. The molecule has 0 aromatic carbocycles. The average Bonchev–Trinajstić information content (AvgIpc) is 2.19. The van der Waals surface area contributed by atoms with Gasteiger partial charge in [-0.15, -0.1) is 0 Å². The van der Waals surface area contributed by atoms with Gasteiger partial charge in [-0.05, 0) is 39.7 Å². The second-order valence-corrected chi connectivity index (χ2v) is 4.13. The number of nitrogens with two attached hydrogens (primary N) is 1. The Bertz CT molecular complexity index is 186. The maximum atomic E-state index is 11.3. The highest BCUT2D eigenvalue weighted by atomic mass is 16.2. The number of carbonyl (C=O) groups excluding carboxylic acids is 1. The largest absolute Gasteiger partial charge is 0.352 e. The minimum absolute atomic E-state index is 0.0297. The van der Waals surface area contributed by atoms with Crippen LogP contribution < -0.4 is 16.4 Å². The van der Waals surface area contributed by atoms with E-state index in [1.165, 1.54) is 0 Å². The molecule has 0 unspecified atom stereocenters. The Balaban J connectivity index is 2.25. The third-order valence-electron chi connectivity index (χ3n) is 2.90. The molecule has 1 amide bonds. The fourth-order valence-corrected chi connectivity index (χ4v) is 1.86. The highest BCUT2D eigenvalue weighted by Gasteiger charge is 2.21. The first-order chi connectivity index (χ1) is 6.63. The van der Waals surface area contributed by atoms with Crippen LogP contribution in [0.25, 0.3) is 0 Å². The molecule has 0 heterocycles. The van der Waals surface area contributed by atoms with Gasteiger partial charge in [-0.3, -0.25) is 4.79 Å². The van der Waals surface area contributed by atoms with Crippen molar-refractivity contribution in [2.75, 3.05) is 7.05 Å². The summed E-state index contributed by atoms with van der Waals surface area (Å²) >= 11 is 0. The van der Waals surface area contributed by atoms with Gasteiger partial charge >= 0.3 is 0 Å². The summed E-state index contributed by atoms with van der Waals surface area (Å²) in [6.07, 6.45) is 4.40. The van der Waals surface area contributed by atoms with Gasteiger partial charge in [0, 0.05) is 12.1 Å². The van der Waals surface area contributed by atoms with Crippen molar-refractivity contribution in [2.24, 2.45) is 5.73 Å². The minimum atomic E-state index is -0.392. The highest BCUT2D eigenvalue weighted by Crippen LogP contribution is 2.18. The maximum Gasteiger partial charge on any atom is 0.236 e. The van der Waals surface area contributed by atoms with Crippen molar-refractivity contribution in [3.05, 3.63) is 0 Å². The topological polar surface area (TPSA) is 67.1 Å². The van der Waals surface area contributed by atoms with Crippen molar-refractivity contribution in [2.45, 2.75) is 50.7 Å². The molecule has 0 spiro atoms. The van der Waals surface area contributed by atoms with Crippen molar-refractivity contribution in [3.63, 3.8) is 0 Å². The second kappa shape index (κ2) is 5.32. The molecule has 1 rings (SSSR count). The minimum Gasteiger partial charge on any atom is -0.352 e. The van der Waals surface area contributed by atoms with Gasteiger partial charge in [-0.1, -0.05) is 0 Å². The normalized spacial score (nSPS) is 29.6. The van der Waals surface area contributed by atoms with Gasteiger partial charge in [0.05, 0.1) is 6.04 Å². The standard InChI is InChI=1S/C10H21N3O/c1-7(11)10(14)13-9-5-3-8(12-2)4-6-9/h7-9,12H,3-6,11H2,1-2H3,(H,13,14)/t7-,8?,9?/m1/s1. The molecular weight excluding hydrogens is 178 g/mol. The molecule has 1 saturated carbocycles. The van der Waals surface area contributed by atoms with E-state index in [0.717, 1.165) is 25.7 Å². The van der Waals surface area contributed by atoms with Crippen LogP contribution >= 0.6 is 0 Å². The van der Waals surface area contributed by atoms with E-state index in [0.29, 0.717) is 12.1 Å². The smallest absolute Gasteiger partial charge is 0.236 e. The van der Waals surface area contributed by atoms with Crippen LogP contribution in [0.1, 0.15) is 32.6 Å². The second-order valence-electron chi connectivity index (χ2n) is 4.13. The van der Waals surface area contributed by atoms with Crippen LogP contribution in [0.15, 0.2) is 0 Å². The number of hydrogen-bond donors (Lipinski definition) is 3. The summed E-state index contributed by atoms with van der Waals surface area (Å²) in [5, 5.41) is 6.23. The molecule has 0 aromatic heterocycles. The fraction of sp³-hybridized carbons (Fsp3) is 0.900. The van der Waals surface area contributed by atoms with E-state index in [-0.39, 0.29) is 5.91 Å². The van der Waals surface area contributed by atoms with Crippen molar-refractivity contribution in [1.29, 1.82) is 0 Å². The maximum absolute atomic E-state index is 11.3. The number of hydrogen-bond acceptors (Lipinski definition) is 3. The molecule has 1 fully saturated rings. The Kier molecular flexibility index (Phi) is 4.35. The molecule has 4 heteroatoms. The first-order valence-corrected chi connectivity index (χ1v) is 5.36. The molecule has 0 saturated heterocycles. The average molecular weight is 199 g/mol. The van der Waals surface area contributed by atoms with Crippen molar-refractivity contribution < 1.29 is 4.79 Å². The van der Waals surface area contributed by atoms with E-state index in [2.05, 4.69) is 10.6 Å². The van der Waals surface area contributed by atoms with Crippen LogP contribution in [-0.2, 0) is 4.79 Å². The zero-order valence-corrected chi connectivity index (χ0v) is 9.05. The third kappa shape index (κ3) is 3.27. The van der Waals surface area contributed by atoms with Crippen LogP contribution in [-0.4, -0.2) is 31.1 Å². The van der Waals surface area contributed by atoms with Gasteiger partial charge in [0.2, 0.25) is 5.91 Å². The van der Waals surface area contributed by atoms with Crippen LogP contribution in [0, 0.1) is 0 Å². The molecule has 1 aliphatic carbocycles. The third-order valence-corrected chi connectivity index (χ3v) is 2.90. The Labute approximate surface area is 85.6 Å². The number of amides is 1. The Morgan fingerprint density at radius 2 is 1.79 bits per heavy atom. The Morgan fingerprint density at radius 1 is 1.29 bits per heavy atom. The van der Waals surface area contributed by atoms with Gasteiger partial charge in [-0.25, -0.2) is 0 Å². The molecule has 4 nitrogen and oxygen atoms in total. The molecule has 14 heavy (non-hydrogen) atoms. The molecule has 4 N–H and O–H groups in total. The van der Waals surface area contributed by atoms with Crippen LogP contribution in [0.2, 0.25) is 0 Å². The van der Waals surface area contributed by atoms with Gasteiger partial charge in [0.1, 0.15) is 0 Å². The number of carbonyl (C=O) groups is 1. The summed E-state index contributed by atoms with van der Waals surface area (Å²) in [6.45, 7) is 1.72. The van der Waals surface area contributed by atoms with Crippen LogP contribution in [0.3, 0.4) is 0 Å². The molecule has 1 aliphatic rings. The number of nitrogens with one attached hydrogen (secondary N) is 2. The van der Waals surface area contributed by atoms with Crippen LogP contribution in [0.5, 0.6) is 0 Å². The van der Waals surface area contributed by atoms with Gasteiger partial charge in [-0.2, -0.15) is 0 Å². The van der Waals surface area contributed by atoms with Gasteiger partial charge < -0.3 is 16.4 Å². The lowest BCUT2D eigenvalue weighted by atomic mass is 9.91. The zero-order chi connectivity index (χ0) is 10.6. The SMILES string of the molecule is CNC1CCC(NC(=O)[C@@H](C)N)CC1. The predicted octanol–water partition coefficient (Wildman–Crippen LogP) is -0.0196. The molecule has 0 bridgehead atoms. The van der Waals surface area contributed by atoms with E-state index in [1.54, 1.807) is 6.92 Å². The lowest BCUT2D eigenvalue weighted by Crippen LogP contribution is -2.46. The molecule has 0 radical (unpaired) electrons. The Hall–Kier alpha value is -0.610. The van der Waals surface area contributed by atoms with E-state index in [1.807, 2.05) is 7.05 Å². The Morgan fingerprint density at radius 3 is 2.21 bits per heavy atom. The zero-order valence-electron chi connectivity index (χ0n) is 9.05. The van der Waals surface area contributed by atoms with Gasteiger partial charge in [0.15, 0.2) is 0 Å². The molecule has 0 aliphatic heterocycles. The van der Waals surface area contributed by atoms with Crippen molar-refractivity contribution in [3.8, 4) is 0 Å². The molecule has 82 valence electrons. The molecular formula is C10H21N3O. The van der Waals surface area contributed by atoms with E-state index in [4.69, 9.17) is 5.73 Å². The summed E-state index contributed by atoms with van der Waals surface area (Å²) in [7, 11) is 1.99. The quantitative estimate of drug-likeness (QED) is 0.598. The molecule has 0 aromatic rings. The summed E-state index contributed by atoms with van der Waals surface area (Å²) in [5.41, 5.74) is 5.48. The monoisotopic (exact) mass is 199 g/mol. The van der Waals surface area contributed by atoms with Crippen LogP contribution in [0.4, 0.5) is 0 Å². The summed E-state index contributed by atoms with van der Waals surface area (Å²) in [4.78, 5) is 11.3. The summed E-state index contributed by atoms with van der Waals surface area (Å²) in [5.74, 6) is -0.0297. The van der Waals surface area contributed by atoms with Crippen molar-refractivity contribution >= 4 is 5.91 Å².